The van der Waals surface area contributed by atoms with Crippen molar-refractivity contribution in [2.75, 3.05) is 13.1 Å². The molecule has 2 aliphatic heterocycles. The second-order valence-electron chi connectivity index (χ2n) is 5.18. The molecule has 0 aromatic carbocycles. The van der Waals surface area contributed by atoms with Crippen molar-refractivity contribution in [3.63, 3.8) is 0 Å². The number of hydrogen-bond acceptors (Lipinski definition) is 4. The van der Waals surface area contributed by atoms with Crippen molar-refractivity contribution in [3.8, 4) is 0 Å². The van der Waals surface area contributed by atoms with Crippen molar-refractivity contribution in [2.45, 2.75) is 44.7 Å². The molecule has 98 valence electrons. The second kappa shape index (κ2) is 4.97. The van der Waals surface area contributed by atoms with Crippen LogP contribution in [0, 0.1) is 6.92 Å². The van der Waals surface area contributed by atoms with E-state index in [2.05, 4.69) is 15.2 Å². The minimum Gasteiger partial charge on any atom is -0.333 e. The molecule has 2 unspecified atom stereocenters. The fourth-order valence-electron chi connectivity index (χ4n) is 3.14. The Balaban J connectivity index is 1.78. The van der Waals surface area contributed by atoms with Gasteiger partial charge in [0.15, 0.2) is 0 Å². The normalized spacial score (nSPS) is 27.9. The van der Waals surface area contributed by atoms with Crippen LogP contribution in [0.3, 0.4) is 0 Å². The van der Waals surface area contributed by atoms with Crippen molar-refractivity contribution >= 4 is 17.2 Å². The number of likely N-dealkylation sites (tertiary alicyclic amines) is 1. The maximum Gasteiger partial charge on any atom is 0.266 e. The third-order valence-electron chi connectivity index (χ3n) is 4.06. The van der Waals surface area contributed by atoms with Crippen molar-refractivity contribution in [3.05, 3.63) is 16.1 Å². The number of hydrogen-bond donors (Lipinski definition) is 1. The number of nitrogens with one attached hydrogen (secondary N) is 1. The first-order valence-electron chi connectivity index (χ1n) is 6.72. The summed E-state index contributed by atoms with van der Waals surface area (Å²) >= 11 is 1.47. The third kappa shape index (κ3) is 2.06. The van der Waals surface area contributed by atoms with Crippen LogP contribution in [0.2, 0.25) is 0 Å². The molecule has 3 heterocycles. The first kappa shape index (κ1) is 12.1. The fraction of sp³-hybridized carbons (Fsp3) is 0.692. The molecule has 1 amide bonds. The van der Waals surface area contributed by atoms with Gasteiger partial charge in [0.05, 0.1) is 11.2 Å². The SMILES string of the molecule is Cc1ncsc1C(=O)N1CCCC1C1CCCN1. The van der Waals surface area contributed by atoms with Crippen molar-refractivity contribution in [1.29, 1.82) is 0 Å². The standard InChI is InChI=1S/C13H19N3OS/c1-9-12(18-8-15-9)13(17)16-7-3-5-11(16)10-4-2-6-14-10/h8,10-11,14H,2-7H2,1H3. The summed E-state index contributed by atoms with van der Waals surface area (Å²) in [6.45, 7) is 3.92. The minimum absolute atomic E-state index is 0.186. The molecule has 4 nitrogen and oxygen atoms in total. The Morgan fingerprint density at radius 2 is 2.39 bits per heavy atom. The number of rotatable bonds is 2. The van der Waals surface area contributed by atoms with Gasteiger partial charge in [0.2, 0.25) is 0 Å². The topological polar surface area (TPSA) is 45.2 Å². The van der Waals surface area contributed by atoms with E-state index in [1.54, 1.807) is 5.51 Å². The van der Waals surface area contributed by atoms with E-state index in [1.165, 1.54) is 24.2 Å². The molecule has 3 rings (SSSR count). The van der Waals surface area contributed by atoms with Crippen LogP contribution in [0.25, 0.3) is 0 Å². The molecule has 1 aromatic heterocycles. The van der Waals surface area contributed by atoms with Crippen LogP contribution in [-0.2, 0) is 0 Å². The molecular formula is C13H19N3OS. The monoisotopic (exact) mass is 265 g/mol. The molecule has 5 heteroatoms. The summed E-state index contributed by atoms with van der Waals surface area (Å²) in [7, 11) is 0. The summed E-state index contributed by atoms with van der Waals surface area (Å²) in [5.74, 6) is 0.186. The zero-order chi connectivity index (χ0) is 12.5. The molecule has 0 saturated carbocycles. The van der Waals surface area contributed by atoms with Crippen LogP contribution >= 0.6 is 11.3 Å². The van der Waals surface area contributed by atoms with Gasteiger partial charge in [-0.25, -0.2) is 4.98 Å². The summed E-state index contributed by atoms with van der Waals surface area (Å²) in [5.41, 5.74) is 2.64. The Labute approximate surface area is 111 Å². The van der Waals surface area contributed by atoms with E-state index < -0.39 is 0 Å². The van der Waals surface area contributed by atoms with E-state index in [-0.39, 0.29) is 5.91 Å². The highest BCUT2D eigenvalue weighted by molar-refractivity contribution is 7.11. The van der Waals surface area contributed by atoms with E-state index in [9.17, 15) is 4.79 Å². The number of thiazole rings is 1. The highest BCUT2D eigenvalue weighted by atomic mass is 32.1. The maximum absolute atomic E-state index is 12.6. The Hall–Kier alpha value is -0.940. The Morgan fingerprint density at radius 1 is 1.50 bits per heavy atom. The number of carbonyl (C=O) groups excluding carboxylic acids is 1. The van der Waals surface area contributed by atoms with Gasteiger partial charge in [-0.1, -0.05) is 0 Å². The number of aromatic nitrogens is 1. The largest absolute Gasteiger partial charge is 0.333 e. The van der Waals surface area contributed by atoms with Crippen LogP contribution in [0.15, 0.2) is 5.51 Å². The quantitative estimate of drug-likeness (QED) is 0.887. The summed E-state index contributed by atoms with van der Waals surface area (Å²) in [6.07, 6.45) is 4.71. The summed E-state index contributed by atoms with van der Waals surface area (Å²) < 4.78 is 0. The van der Waals surface area contributed by atoms with Crippen LogP contribution in [0.4, 0.5) is 0 Å². The fourth-order valence-corrected chi connectivity index (χ4v) is 3.90. The minimum atomic E-state index is 0.186. The van der Waals surface area contributed by atoms with Crippen LogP contribution in [0.5, 0.6) is 0 Å². The maximum atomic E-state index is 12.6. The van der Waals surface area contributed by atoms with Crippen LogP contribution < -0.4 is 5.32 Å². The number of carbonyl (C=O) groups is 1. The van der Waals surface area contributed by atoms with Gasteiger partial charge in [-0.3, -0.25) is 4.79 Å². The Morgan fingerprint density at radius 3 is 3.06 bits per heavy atom. The lowest BCUT2D eigenvalue weighted by molar-refractivity contribution is 0.0715. The smallest absolute Gasteiger partial charge is 0.266 e. The van der Waals surface area contributed by atoms with Crippen LogP contribution in [0.1, 0.15) is 41.0 Å². The summed E-state index contributed by atoms with van der Waals surface area (Å²) in [6, 6.07) is 0.895. The molecule has 2 saturated heterocycles. The lowest BCUT2D eigenvalue weighted by atomic mass is 10.0. The summed E-state index contributed by atoms with van der Waals surface area (Å²) in [4.78, 5) is 19.6. The first-order valence-corrected chi connectivity index (χ1v) is 7.60. The van der Waals surface area contributed by atoms with Crippen LogP contribution in [-0.4, -0.2) is 41.0 Å². The molecule has 2 aliphatic rings. The molecule has 1 aromatic rings. The Kier molecular flexibility index (Phi) is 3.35. The van der Waals surface area contributed by atoms with Gasteiger partial charge < -0.3 is 10.2 Å². The molecule has 2 atom stereocenters. The Bertz CT molecular complexity index is 439. The predicted octanol–water partition coefficient (Wildman–Crippen LogP) is 1.81. The number of nitrogens with zero attached hydrogens (tertiary/aromatic N) is 2. The molecule has 0 aliphatic carbocycles. The number of amides is 1. The summed E-state index contributed by atoms with van der Waals surface area (Å²) in [5, 5.41) is 3.54. The first-order chi connectivity index (χ1) is 8.77. The molecule has 2 fully saturated rings. The van der Waals surface area contributed by atoms with Gasteiger partial charge in [0.1, 0.15) is 4.88 Å². The van der Waals surface area contributed by atoms with Gasteiger partial charge in [-0.2, -0.15) is 0 Å². The van der Waals surface area contributed by atoms with Gasteiger partial charge in [-0.15, -0.1) is 11.3 Å². The van der Waals surface area contributed by atoms with Gasteiger partial charge in [0.25, 0.3) is 5.91 Å². The number of aryl methyl sites for hydroxylation is 1. The third-order valence-corrected chi connectivity index (χ3v) is 4.98. The average Bonchev–Trinajstić information content (AvgIpc) is 3.09. The van der Waals surface area contributed by atoms with E-state index in [1.807, 2.05) is 6.92 Å². The molecule has 1 N–H and O–H groups in total. The lowest BCUT2D eigenvalue weighted by Gasteiger charge is -2.29. The molecule has 0 spiro atoms. The molecule has 0 bridgehead atoms. The molecule has 0 radical (unpaired) electrons. The van der Waals surface area contributed by atoms with Crippen molar-refractivity contribution < 1.29 is 4.79 Å². The highest BCUT2D eigenvalue weighted by Gasteiger charge is 2.36. The van der Waals surface area contributed by atoms with E-state index >= 15 is 0 Å². The van der Waals surface area contributed by atoms with E-state index in [0.29, 0.717) is 12.1 Å². The van der Waals surface area contributed by atoms with Crippen molar-refractivity contribution in [1.82, 2.24) is 15.2 Å². The highest BCUT2D eigenvalue weighted by Crippen LogP contribution is 2.27. The zero-order valence-electron chi connectivity index (χ0n) is 10.7. The van der Waals surface area contributed by atoms with E-state index in [0.717, 1.165) is 36.5 Å². The molecular weight excluding hydrogens is 246 g/mol. The van der Waals surface area contributed by atoms with Crippen molar-refractivity contribution in [2.24, 2.45) is 0 Å². The predicted molar refractivity (Wildman–Crippen MR) is 71.9 cm³/mol. The average molecular weight is 265 g/mol. The molecule has 18 heavy (non-hydrogen) atoms. The van der Waals surface area contributed by atoms with Gasteiger partial charge in [0, 0.05) is 18.6 Å². The second-order valence-corrected chi connectivity index (χ2v) is 6.03. The lowest BCUT2D eigenvalue weighted by Crippen LogP contribution is -2.46. The van der Waals surface area contributed by atoms with Gasteiger partial charge >= 0.3 is 0 Å². The van der Waals surface area contributed by atoms with Gasteiger partial charge in [-0.05, 0) is 39.2 Å². The zero-order valence-corrected chi connectivity index (χ0v) is 11.5. The van der Waals surface area contributed by atoms with E-state index in [4.69, 9.17) is 0 Å².